The minimum absolute atomic E-state index is 0.194. The van der Waals surface area contributed by atoms with Gasteiger partial charge in [0.2, 0.25) is 0 Å². The van der Waals surface area contributed by atoms with Crippen LogP contribution in [-0.4, -0.2) is 36.0 Å². The Bertz CT molecular complexity index is 239. The quantitative estimate of drug-likeness (QED) is 0.717. The molecule has 1 saturated carbocycles. The van der Waals surface area contributed by atoms with E-state index in [9.17, 15) is 5.11 Å². The molecule has 3 nitrogen and oxygen atoms in total. The van der Waals surface area contributed by atoms with Gasteiger partial charge in [-0.1, -0.05) is 26.2 Å². The fraction of sp³-hybridized carbons (Fsp3) is 1.00. The molecule has 0 amide bonds. The first-order chi connectivity index (χ1) is 8.74. The van der Waals surface area contributed by atoms with Crippen molar-refractivity contribution in [1.29, 1.82) is 0 Å². The van der Waals surface area contributed by atoms with Crippen molar-refractivity contribution in [3.63, 3.8) is 0 Å². The van der Waals surface area contributed by atoms with Crippen LogP contribution in [0.5, 0.6) is 0 Å². The molecule has 2 N–H and O–H groups in total. The molecule has 0 radical (unpaired) electrons. The van der Waals surface area contributed by atoms with E-state index >= 15 is 0 Å². The number of nitrogens with one attached hydrogen (secondary N) is 1. The van der Waals surface area contributed by atoms with Gasteiger partial charge in [-0.2, -0.15) is 0 Å². The fourth-order valence-electron chi connectivity index (χ4n) is 3.46. The molecule has 1 saturated heterocycles. The number of hydrogen-bond donors (Lipinski definition) is 2. The summed E-state index contributed by atoms with van der Waals surface area (Å²) < 4.78 is 6.28. The van der Waals surface area contributed by atoms with Gasteiger partial charge in [0, 0.05) is 13.0 Å². The van der Waals surface area contributed by atoms with Crippen molar-refractivity contribution in [2.75, 3.05) is 13.1 Å². The molecule has 0 aromatic heterocycles. The Balaban J connectivity index is 1.68. The maximum absolute atomic E-state index is 9.98. The highest BCUT2D eigenvalue weighted by Gasteiger charge is 2.40. The monoisotopic (exact) mass is 255 g/mol. The van der Waals surface area contributed by atoms with Gasteiger partial charge in [0.15, 0.2) is 0 Å². The second-order valence-corrected chi connectivity index (χ2v) is 6.12. The van der Waals surface area contributed by atoms with E-state index in [1.807, 2.05) is 0 Å². The largest absolute Gasteiger partial charge is 0.392 e. The normalized spacial score (nSPS) is 28.7. The van der Waals surface area contributed by atoms with Gasteiger partial charge in [0.25, 0.3) is 0 Å². The van der Waals surface area contributed by atoms with Crippen molar-refractivity contribution >= 4 is 0 Å². The van der Waals surface area contributed by atoms with Gasteiger partial charge in [-0.3, -0.25) is 0 Å². The van der Waals surface area contributed by atoms with E-state index in [1.165, 1.54) is 38.5 Å². The van der Waals surface area contributed by atoms with Crippen LogP contribution in [0.25, 0.3) is 0 Å². The SMILES string of the molecule is CCCNCC(O)CC1CCC2(CCCCC2)O1. The van der Waals surface area contributed by atoms with Crippen LogP contribution < -0.4 is 5.32 Å². The molecule has 3 heteroatoms. The summed E-state index contributed by atoms with van der Waals surface area (Å²) in [6.45, 7) is 3.85. The summed E-state index contributed by atoms with van der Waals surface area (Å²) in [5, 5.41) is 13.3. The molecule has 1 aliphatic heterocycles. The lowest BCUT2D eigenvalue weighted by Crippen LogP contribution is -2.34. The van der Waals surface area contributed by atoms with Crippen molar-refractivity contribution in [3.8, 4) is 0 Å². The molecular formula is C15H29NO2. The number of rotatable bonds is 6. The highest BCUT2D eigenvalue weighted by molar-refractivity contribution is 4.91. The van der Waals surface area contributed by atoms with Crippen LogP contribution in [0.3, 0.4) is 0 Å². The van der Waals surface area contributed by atoms with Crippen molar-refractivity contribution in [2.45, 2.75) is 82.5 Å². The van der Waals surface area contributed by atoms with E-state index in [-0.39, 0.29) is 11.7 Å². The lowest BCUT2D eigenvalue weighted by atomic mass is 9.83. The molecule has 2 unspecified atom stereocenters. The zero-order valence-electron chi connectivity index (χ0n) is 11.8. The van der Waals surface area contributed by atoms with Gasteiger partial charge in [0.1, 0.15) is 0 Å². The van der Waals surface area contributed by atoms with Crippen LogP contribution in [0.15, 0.2) is 0 Å². The van der Waals surface area contributed by atoms with Gasteiger partial charge in [-0.15, -0.1) is 0 Å². The van der Waals surface area contributed by atoms with Crippen LogP contribution >= 0.6 is 0 Å². The Labute approximate surface area is 111 Å². The molecule has 0 aromatic rings. The average Bonchev–Trinajstić information content (AvgIpc) is 2.73. The predicted octanol–water partition coefficient (Wildman–Crippen LogP) is 2.62. The van der Waals surface area contributed by atoms with Crippen LogP contribution in [0.4, 0.5) is 0 Å². The number of aliphatic hydroxyl groups is 1. The van der Waals surface area contributed by atoms with Crippen LogP contribution in [0, 0.1) is 0 Å². The highest BCUT2D eigenvalue weighted by Crippen LogP contribution is 2.42. The van der Waals surface area contributed by atoms with Crippen molar-refractivity contribution in [3.05, 3.63) is 0 Å². The maximum atomic E-state index is 9.98. The van der Waals surface area contributed by atoms with E-state index in [1.54, 1.807) is 0 Å². The van der Waals surface area contributed by atoms with Gasteiger partial charge in [-0.05, 0) is 38.6 Å². The second-order valence-electron chi connectivity index (χ2n) is 6.12. The highest BCUT2D eigenvalue weighted by atomic mass is 16.5. The van der Waals surface area contributed by atoms with E-state index in [4.69, 9.17) is 4.74 Å². The zero-order valence-corrected chi connectivity index (χ0v) is 11.8. The van der Waals surface area contributed by atoms with Gasteiger partial charge in [-0.25, -0.2) is 0 Å². The van der Waals surface area contributed by atoms with Gasteiger partial charge < -0.3 is 15.2 Å². The van der Waals surface area contributed by atoms with Gasteiger partial charge >= 0.3 is 0 Å². The van der Waals surface area contributed by atoms with E-state index in [0.717, 1.165) is 25.8 Å². The van der Waals surface area contributed by atoms with Crippen molar-refractivity contribution in [1.82, 2.24) is 5.32 Å². The second kappa shape index (κ2) is 6.88. The zero-order chi connectivity index (χ0) is 12.8. The molecule has 2 atom stereocenters. The Hall–Kier alpha value is -0.120. The number of hydrogen-bond acceptors (Lipinski definition) is 3. The molecule has 1 spiro atoms. The first-order valence-electron chi connectivity index (χ1n) is 7.81. The molecule has 0 bridgehead atoms. The average molecular weight is 255 g/mol. The predicted molar refractivity (Wildman–Crippen MR) is 73.7 cm³/mol. The van der Waals surface area contributed by atoms with Crippen LogP contribution in [0.1, 0.15) is 64.7 Å². The topological polar surface area (TPSA) is 41.5 Å². The molecule has 2 fully saturated rings. The summed E-state index contributed by atoms with van der Waals surface area (Å²) in [6.07, 6.45) is 10.8. The minimum atomic E-state index is -0.250. The third-order valence-corrected chi connectivity index (χ3v) is 4.45. The molecule has 2 aliphatic rings. The smallest absolute Gasteiger partial charge is 0.0689 e. The van der Waals surface area contributed by atoms with Gasteiger partial charge in [0.05, 0.1) is 17.8 Å². The number of ether oxygens (including phenoxy) is 1. The summed E-state index contributed by atoms with van der Waals surface area (Å²) in [7, 11) is 0. The summed E-state index contributed by atoms with van der Waals surface area (Å²) in [4.78, 5) is 0. The Morgan fingerprint density at radius 2 is 2.06 bits per heavy atom. The third kappa shape index (κ3) is 3.94. The first kappa shape index (κ1) is 14.3. The standard InChI is InChI=1S/C15H29NO2/c1-2-10-16-12-13(17)11-14-6-9-15(18-14)7-4-3-5-8-15/h13-14,16-17H,2-12H2,1H3. The van der Waals surface area contributed by atoms with Crippen molar-refractivity contribution < 1.29 is 9.84 Å². The van der Waals surface area contributed by atoms with E-state index in [0.29, 0.717) is 12.6 Å². The maximum Gasteiger partial charge on any atom is 0.0689 e. The molecule has 1 aliphatic carbocycles. The summed E-state index contributed by atoms with van der Waals surface area (Å²) >= 11 is 0. The lowest BCUT2D eigenvalue weighted by Gasteiger charge is -2.33. The van der Waals surface area contributed by atoms with E-state index < -0.39 is 0 Å². The molecule has 106 valence electrons. The van der Waals surface area contributed by atoms with Crippen LogP contribution in [-0.2, 0) is 4.74 Å². The lowest BCUT2D eigenvalue weighted by molar-refractivity contribution is -0.0752. The molecule has 2 rings (SSSR count). The Kier molecular flexibility index (Phi) is 5.46. The summed E-state index contributed by atoms with van der Waals surface area (Å²) in [5.41, 5.74) is 0.194. The summed E-state index contributed by atoms with van der Waals surface area (Å²) in [5.74, 6) is 0. The number of aliphatic hydroxyl groups excluding tert-OH is 1. The molecule has 18 heavy (non-hydrogen) atoms. The Morgan fingerprint density at radius 1 is 1.28 bits per heavy atom. The van der Waals surface area contributed by atoms with Crippen LogP contribution in [0.2, 0.25) is 0 Å². The van der Waals surface area contributed by atoms with E-state index in [2.05, 4.69) is 12.2 Å². The minimum Gasteiger partial charge on any atom is -0.392 e. The Morgan fingerprint density at radius 3 is 2.78 bits per heavy atom. The molecule has 0 aromatic carbocycles. The van der Waals surface area contributed by atoms with Crippen molar-refractivity contribution in [2.24, 2.45) is 0 Å². The third-order valence-electron chi connectivity index (χ3n) is 4.45. The first-order valence-corrected chi connectivity index (χ1v) is 7.81. The molecule has 1 heterocycles. The summed E-state index contributed by atoms with van der Waals surface area (Å²) in [6, 6.07) is 0. The fourth-order valence-corrected chi connectivity index (χ4v) is 3.46. The molecular weight excluding hydrogens is 226 g/mol.